The molecule has 0 aliphatic carbocycles. The number of hydrogen-bond donors (Lipinski definition) is 0. The van der Waals surface area contributed by atoms with Gasteiger partial charge >= 0.3 is 5.97 Å². The van der Waals surface area contributed by atoms with Crippen molar-refractivity contribution < 1.29 is 14.3 Å². The van der Waals surface area contributed by atoms with E-state index >= 15 is 0 Å². The van der Waals surface area contributed by atoms with Crippen LogP contribution in [0.5, 0.6) is 5.75 Å². The van der Waals surface area contributed by atoms with Crippen LogP contribution >= 0.6 is 11.6 Å². The van der Waals surface area contributed by atoms with E-state index in [9.17, 15) is 4.79 Å². The van der Waals surface area contributed by atoms with Crippen molar-refractivity contribution in [2.24, 2.45) is 5.92 Å². The van der Waals surface area contributed by atoms with Crippen molar-refractivity contribution in [3.8, 4) is 5.75 Å². The molecule has 1 atom stereocenters. The fraction of sp³-hybridized carbons (Fsp3) is 0.500. The van der Waals surface area contributed by atoms with E-state index < -0.39 is 0 Å². The SMILES string of the molecule is CCOC(=O)C(c1ccc(Cl)c(OC)c1)C(C)C. The Kier molecular flexibility index (Phi) is 5.48. The highest BCUT2D eigenvalue weighted by molar-refractivity contribution is 6.32. The lowest BCUT2D eigenvalue weighted by Gasteiger charge is -2.20. The highest BCUT2D eigenvalue weighted by Gasteiger charge is 2.26. The number of carbonyl (C=O) groups excluding carboxylic acids is 1. The third-order valence-corrected chi connectivity index (χ3v) is 3.05. The first kappa shape index (κ1) is 14.8. The normalized spacial score (nSPS) is 12.3. The summed E-state index contributed by atoms with van der Waals surface area (Å²) in [6.45, 7) is 6.16. The molecule has 0 saturated carbocycles. The minimum atomic E-state index is -0.295. The smallest absolute Gasteiger partial charge is 0.313 e. The lowest BCUT2D eigenvalue weighted by molar-refractivity contribution is -0.146. The van der Waals surface area contributed by atoms with Gasteiger partial charge in [-0.1, -0.05) is 31.5 Å². The van der Waals surface area contributed by atoms with Gasteiger partial charge < -0.3 is 9.47 Å². The van der Waals surface area contributed by atoms with Crippen LogP contribution in [0.25, 0.3) is 0 Å². The van der Waals surface area contributed by atoms with Crippen molar-refractivity contribution in [2.75, 3.05) is 13.7 Å². The van der Waals surface area contributed by atoms with Gasteiger partial charge in [-0.3, -0.25) is 4.79 Å². The molecule has 0 aromatic heterocycles. The fourth-order valence-electron chi connectivity index (χ4n) is 1.90. The molecule has 1 rings (SSSR count). The van der Waals surface area contributed by atoms with Crippen LogP contribution in [-0.4, -0.2) is 19.7 Å². The van der Waals surface area contributed by atoms with Gasteiger partial charge in [-0.25, -0.2) is 0 Å². The van der Waals surface area contributed by atoms with Crippen molar-refractivity contribution in [1.82, 2.24) is 0 Å². The van der Waals surface area contributed by atoms with Crippen molar-refractivity contribution >= 4 is 17.6 Å². The zero-order valence-corrected chi connectivity index (χ0v) is 12.0. The number of carbonyl (C=O) groups is 1. The minimum Gasteiger partial charge on any atom is -0.495 e. The van der Waals surface area contributed by atoms with Gasteiger partial charge in [0, 0.05) is 0 Å². The lowest BCUT2D eigenvalue weighted by Crippen LogP contribution is -2.20. The molecule has 0 radical (unpaired) electrons. The van der Waals surface area contributed by atoms with Gasteiger partial charge in [0.1, 0.15) is 5.75 Å². The molecule has 0 aliphatic rings. The third-order valence-electron chi connectivity index (χ3n) is 2.74. The number of halogens is 1. The zero-order chi connectivity index (χ0) is 13.7. The minimum absolute atomic E-state index is 0.148. The van der Waals surface area contributed by atoms with Crippen molar-refractivity contribution in [3.63, 3.8) is 0 Å². The van der Waals surface area contributed by atoms with Crippen LogP contribution in [0.3, 0.4) is 0 Å². The summed E-state index contributed by atoms with van der Waals surface area (Å²) in [6, 6.07) is 5.38. The van der Waals surface area contributed by atoms with Gasteiger partial charge in [0.15, 0.2) is 0 Å². The molecule has 0 N–H and O–H groups in total. The second kappa shape index (κ2) is 6.64. The van der Waals surface area contributed by atoms with E-state index in [1.54, 1.807) is 26.2 Å². The number of hydrogen-bond acceptors (Lipinski definition) is 3. The largest absolute Gasteiger partial charge is 0.495 e. The molecule has 0 aliphatic heterocycles. The molecule has 0 bridgehead atoms. The summed E-state index contributed by atoms with van der Waals surface area (Å²) in [6.07, 6.45) is 0. The van der Waals surface area contributed by atoms with Crippen LogP contribution in [0, 0.1) is 5.92 Å². The molecular formula is C14H19ClO3. The molecule has 1 aromatic rings. The number of rotatable bonds is 5. The Balaban J connectivity index is 3.10. The summed E-state index contributed by atoms with van der Waals surface area (Å²) < 4.78 is 10.3. The maximum atomic E-state index is 12.0. The third kappa shape index (κ3) is 3.39. The highest BCUT2D eigenvalue weighted by Crippen LogP contribution is 2.32. The van der Waals surface area contributed by atoms with Gasteiger partial charge in [0.05, 0.1) is 24.7 Å². The summed E-state index contributed by atoms with van der Waals surface area (Å²) >= 11 is 5.98. The maximum absolute atomic E-state index is 12.0. The van der Waals surface area contributed by atoms with Crippen molar-refractivity contribution in [2.45, 2.75) is 26.7 Å². The number of esters is 1. The first-order valence-electron chi connectivity index (χ1n) is 6.01. The average Bonchev–Trinajstić information content (AvgIpc) is 2.31. The lowest BCUT2D eigenvalue weighted by atomic mass is 9.88. The van der Waals surface area contributed by atoms with Crippen LogP contribution < -0.4 is 4.74 Å². The van der Waals surface area contributed by atoms with E-state index in [1.807, 2.05) is 19.9 Å². The Bertz CT molecular complexity index is 416. The molecule has 1 unspecified atom stereocenters. The molecule has 100 valence electrons. The number of ether oxygens (including phenoxy) is 2. The first-order chi connectivity index (χ1) is 8.51. The Morgan fingerprint density at radius 2 is 2.06 bits per heavy atom. The summed E-state index contributed by atoms with van der Waals surface area (Å²) in [5.41, 5.74) is 0.865. The highest BCUT2D eigenvalue weighted by atomic mass is 35.5. The quantitative estimate of drug-likeness (QED) is 0.766. The first-order valence-corrected chi connectivity index (χ1v) is 6.39. The topological polar surface area (TPSA) is 35.5 Å². The summed E-state index contributed by atoms with van der Waals surface area (Å²) in [4.78, 5) is 12.0. The average molecular weight is 271 g/mol. The second-order valence-electron chi connectivity index (χ2n) is 4.37. The molecule has 0 amide bonds. The Labute approximate surface area is 113 Å². The molecule has 0 heterocycles. The number of benzene rings is 1. The van der Waals surface area contributed by atoms with E-state index in [-0.39, 0.29) is 17.8 Å². The van der Waals surface area contributed by atoms with Crippen LogP contribution in [0.15, 0.2) is 18.2 Å². The van der Waals surface area contributed by atoms with Crippen LogP contribution in [-0.2, 0) is 9.53 Å². The van der Waals surface area contributed by atoms with E-state index in [2.05, 4.69) is 0 Å². The van der Waals surface area contributed by atoms with Crippen molar-refractivity contribution in [3.05, 3.63) is 28.8 Å². The fourth-order valence-corrected chi connectivity index (χ4v) is 2.09. The van der Waals surface area contributed by atoms with E-state index in [0.717, 1.165) is 5.56 Å². The molecule has 0 spiro atoms. The number of methoxy groups -OCH3 is 1. The molecule has 3 nitrogen and oxygen atoms in total. The molecule has 0 fully saturated rings. The van der Waals surface area contributed by atoms with E-state index in [4.69, 9.17) is 21.1 Å². The second-order valence-corrected chi connectivity index (χ2v) is 4.77. The predicted molar refractivity (Wildman–Crippen MR) is 72.2 cm³/mol. The van der Waals surface area contributed by atoms with Crippen LogP contribution in [0.1, 0.15) is 32.3 Å². The van der Waals surface area contributed by atoms with Gasteiger partial charge in [-0.2, -0.15) is 0 Å². The molecule has 4 heteroatoms. The Morgan fingerprint density at radius 1 is 1.39 bits per heavy atom. The van der Waals surface area contributed by atoms with Crippen molar-refractivity contribution in [1.29, 1.82) is 0 Å². The van der Waals surface area contributed by atoms with Gasteiger partial charge in [0.25, 0.3) is 0 Å². The zero-order valence-electron chi connectivity index (χ0n) is 11.2. The van der Waals surface area contributed by atoms with E-state index in [1.165, 1.54) is 0 Å². The molecule has 1 aromatic carbocycles. The predicted octanol–water partition coefficient (Wildman–Crippen LogP) is 3.65. The molecule has 18 heavy (non-hydrogen) atoms. The maximum Gasteiger partial charge on any atom is 0.313 e. The summed E-state index contributed by atoms with van der Waals surface area (Å²) in [5.74, 6) is 0.215. The van der Waals surface area contributed by atoms with Crippen LogP contribution in [0.4, 0.5) is 0 Å². The van der Waals surface area contributed by atoms with Gasteiger partial charge in [0.2, 0.25) is 0 Å². The van der Waals surface area contributed by atoms with E-state index in [0.29, 0.717) is 17.4 Å². The monoisotopic (exact) mass is 270 g/mol. The Morgan fingerprint density at radius 3 is 2.56 bits per heavy atom. The van der Waals surface area contributed by atoms with Crippen LogP contribution in [0.2, 0.25) is 5.02 Å². The standard InChI is InChI=1S/C14H19ClO3/c1-5-18-14(16)13(9(2)3)10-6-7-11(15)12(8-10)17-4/h6-9,13H,5H2,1-4H3. The molecule has 0 saturated heterocycles. The molecular weight excluding hydrogens is 252 g/mol. The summed E-state index contributed by atoms with van der Waals surface area (Å²) in [7, 11) is 1.56. The summed E-state index contributed by atoms with van der Waals surface area (Å²) in [5, 5.41) is 0.535. The Hall–Kier alpha value is -1.22. The van der Waals surface area contributed by atoms with Gasteiger partial charge in [-0.05, 0) is 30.5 Å². The van der Waals surface area contributed by atoms with Gasteiger partial charge in [-0.15, -0.1) is 0 Å².